The smallest absolute Gasteiger partial charge is 0.404 e. The highest BCUT2D eigenvalue weighted by molar-refractivity contribution is 5.64. The van der Waals surface area contributed by atoms with Crippen LogP contribution < -0.4 is 5.73 Å². The summed E-state index contributed by atoms with van der Waals surface area (Å²) < 4.78 is 4.13. The topological polar surface area (TPSA) is 81.8 Å². The highest BCUT2D eigenvalue weighted by atomic mass is 16.5. The van der Waals surface area contributed by atoms with Crippen LogP contribution in [-0.4, -0.2) is 19.2 Å². The second kappa shape index (κ2) is 4.04. The molecule has 0 fully saturated rings. The SMILES string of the molecule is NC(=O)OCCN=O. The highest BCUT2D eigenvalue weighted by Crippen LogP contribution is 1.72. The minimum Gasteiger partial charge on any atom is -0.448 e. The number of nitrogens with zero attached hydrogens (tertiary/aromatic N) is 1. The molecule has 0 rings (SSSR count). The number of carbonyl (C=O) groups excluding carboxylic acids is 1. The van der Waals surface area contributed by atoms with Crippen LogP contribution in [0.5, 0.6) is 0 Å². The molecule has 0 aliphatic carbocycles. The third kappa shape index (κ3) is 4.87. The Bertz CT molecular complexity index is 92.5. The molecule has 0 bridgehead atoms. The van der Waals surface area contributed by atoms with E-state index in [1.165, 1.54) is 0 Å². The summed E-state index contributed by atoms with van der Waals surface area (Å²) in [7, 11) is 0. The average molecular weight is 118 g/mol. The predicted molar refractivity (Wildman–Crippen MR) is 26.2 cm³/mol. The molecule has 0 spiro atoms. The number of hydrogen-bond acceptors (Lipinski definition) is 4. The zero-order chi connectivity index (χ0) is 6.41. The lowest BCUT2D eigenvalue weighted by Gasteiger charge is -1.92. The van der Waals surface area contributed by atoms with Crippen LogP contribution >= 0.6 is 0 Å². The van der Waals surface area contributed by atoms with E-state index in [2.05, 4.69) is 15.6 Å². The fourth-order valence-corrected chi connectivity index (χ4v) is 0.184. The summed E-state index contributed by atoms with van der Waals surface area (Å²) >= 11 is 0. The van der Waals surface area contributed by atoms with Gasteiger partial charge < -0.3 is 10.5 Å². The van der Waals surface area contributed by atoms with E-state index in [1.807, 2.05) is 0 Å². The van der Waals surface area contributed by atoms with Gasteiger partial charge in [-0.1, -0.05) is 5.18 Å². The van der Waals surface area contributed by atoms with Crippen molar-refractivity contribution in [2.45, 2.75) is 0 Å². The van der Waals surface area contributed by atoms with Crippen molar-refractivity contribution in [1.29, 1.82) is 0 Å². The zero-order valence-corrected chi connectivity index (χ0v) is 4.16. The van der Waals surface area contributed by atoms with Crippen molar-refractivity contribution >= 4 is 6.09 Å². The van der Waals surface area contributed by atoms with Crippen LogP contribution in [0.3, 0.4) is 0 Å². The number of carbonyl (C=O) groups is 1. The number of hydrogen-bond donors (Lipinski definition) is 1. The Morgan fingerprint density at radius 2 is 2.38 bits per heavy atom. The van der Waals surface area contributed by atoms with E-state index in [1.54, 1.807) is 0 Å². The molecule has 0 atom stereocenters. The molecular weight excluding hydrogens is 112 g/mol. The predicted octanol–water partition coefficient (Wildman–Crippen LogP) is -0.152. The minimum atomic E-state index is -0.881. The Hall–Kier alpha value is -1.13. The lowest BCUT2D eigenvalue weighted by molar-refractivity contribution is 0.160. The van der Waals surface area contributed by atoms with Gasteiger partial charge in [0, 0.05) is 0 Å². The van der Waals surface area contributed by atoms with Crippen LogP contribution in [0.15, 0.2) is 5.18 Å². The molecule has 0 aromatic rings. The first-order valence-electron chi connectivity index (χ1n) is 1.98. The molecule has 2 N–H and O–H groups in total. The van der Waals surface area contributed by atoms with E-state index < -0.39 is 6.09 Å². The van der Waals surface area contributed by atoms with Crippen molar-refractivity contribution in [3.8, 4) is 0 Å². The second-order valence-electron chi connectivity index (χ2n) is 1.02. The maximum absolute atomic E-state index is 9.73. The standard InChI is InChI=1S/C3H6N2O3/c4-3(6)8-2-1-5-7/h1-2H2,(H2,4,6). The first-order valence-corrected chi connectivity index (χ1v) is 1.98. The summed E-state index contributed by atoms with van der Waals surface area (Å²) in [6, 6.07) is 0. The molecule has 0 aliphatic rings. The molecule has 8 heavy (non-hydrogen) atoms. The summed E-state index contributed by atoms with van der Waals surface area (Å²) in [4.78, 5) is 19.0. The van der Waals surface area contributed by atoms with Crippen LogP contribution in [0.25, 0.3) is 0 Å². The molecule has 0 aromatic carbocycles. The van der Waals surface area contributed by atoms with Gasteiger partial charge in [-0.3, -0.25) is 0 Å². The van der Waals surface area contributed by atoms with Crippen molar-refractivity contribution in [3.63, 3.8) is 0 Å². The number of amides is 1. The highest BCUT2D eigenvalue weighted by Gasteiger charge is 1.89. The minimum absolute atomic E-state index is 0.0289. The van der Waals surface area contributed by atoms with Gasteiger partial charge in [0.15, 0.2) is 0 Å². The normalized spacial score (nSPS) is 8.00. The first-order chi connectivity index (χ1) is 3.77. The molecule has 5 nitrogen and oxygen atoms in total. The van der Waals surface area contributed by atoms with Gasteiger partial charge in [0.25, 0.3) is 0 Å². The van der Waals surface area contributed by atoms with Crippen molar-refractivity contribution in [3.05, 3.63) is 4.91 Å². The largest absolute Gasteiger partial charge is 0.448 e. The lowest BCUT2D eigenvalue weighted by Crippen LogP contribution is -2.14. The van der Waals surface area contributed by atoms with Gasteiger partial charge in [-0.2, -0.15) is 4.91 Å². The van der Waals surface area contributed by atoms with Crippen LogP contribution in [0.1, 0.15) is 0 Å². The second-order valence-corrected chi connectivity index (χ2v) is 1.02. The van der Waals surface area contributed by atoms with Crippen molar-refractivity contribution < 1.29 is 9.53 Å². The average Bonchev–Trinajstić information content (AvgIpc) is 1.66. The summed E-state index contributed by atoms with van der Waals surface area (Å²) in [5, 5.41) is 2.42. The monoisotopic (exact) mass is 118 g/mol. The quantitative estimate of drug-likeness (QED) is 0.413. The van der Waals surface area contributed by atoms with Crippen LogP contribution in [-0.2, 0) is 4.74 Å². The molecule has 0 aliphatic heterocycles. The lowest BCUT2D eigenvalue weighted by atomic mass is 10.7. The Labute approximate surface area is 45.8 Å². The van der Waals surface area contributed by atoms with Crippen LogP contribution in [0.2, 0.25) is 0 Å². The summed E-state index contributed by atoms with van der Waals surface area (Å²) in [5.41, 5.74) is 4.53. The van der Waals surface area contributed by atoms with Crippen LogP contribution in [0.4, 0.5) is 4.79 Å². The molecule has 0 unspecified atom stereocenters. The molecule has 1 amide bonds. The van der Waals surface area contributed by atoms with E-state index in [-0.39, 0.29) is 13.2 Å². The first kappa shape index (κ1) is 6.87. The summed E-state index contributed by atoms with van der Waals surface area (Å²) in [6.07, 6.45) is -0.881. The van der Waals surface area contributed by atoms with Gasteiger partial charge in [-0.25, -0.2) is 4.79 Å². The Balaban J connectivity index is 2.93. The molecule has 5 heteroatoms. The van der Waals surface area contributed by atoms with Crippen LogP contribution in [0, 0.1) is 4.91 Å². The van der Waals surface area contributed by atoms with Gasteiger partial charge in [0.2, 0.25) is 0 Å². The van der Waals surface area contributed by atoms with Crippen molar-refractivity contribution in [1.82, 2.24) is 0 Å². The number of primary amides is 1. The molecule has 0 radical (unpaired) electrons. The molecule has 0 saturated heterocycles. The van der Waals surface area contributed by atoms with Gasteiger partial charge >= 0.3 is 6.09 Å². The van der Waals surface area contributed by atoms with E-state index in [9.17, 15) is 9.70 Å². The zero-order valence-electron chi connectivity index (χ0n) is 4.16. The Morgan fingerprint density at radius 1 is 1.75 bits per heavy atom. The molecular formula is C3H6N2O3. The van der Waals surface area contributed by atoms with Gasteiger partial charge in [0.1, 0.15) is 13.2 Å². The maximum atomic E-state index is 9.73. The Morgan fingerprint density at radius 3 is 2.75 bits per heavy atom. The van der Waals surface area contributed by atoms with Crippen molar-refractivity contribution in [2.24, 2.45) is 10.9 Å². The fourth-order valence-electron chi connectivity index (χ4n) is 0.184. The molecule has 0 heterocycles. The number of nitroso groups, excluding NO2 is 1. The maximum Gasteiger partial charge on any atom is 0.404 e. The van der Waals surface area contributed by atoms with Gasteiger partial charge in [0.05, 0.1) is 0 Å². The Kier molecular flexibility index (Phi) is 3.47. The van der Waals surface area contributed by atoms with E-state index in [0.29, 0.717) is 0 Å². The number of nitrogens with two attached hydrogens (primary N) is 1. The number of ether oxygens (including phenoxy) is 1. The van der Waals surface area contributed by atoms with Gasteiger partial charge in [-0.05, 0) is 0 Å². The summed E-state index contributed by atoms with van der Waals surface area (Å²) in [6.45, 7) is -0.0677. The third-order valence-electron chi connectivity index (χ3n) is 0.427. The third-order valence-corrected chi connectivity index (χ3v) is 0.427. The van der Waals surface area contributed by atoms with E-state index >= 15 is 0 Å². The number of rotatable bonds is 3. The molecule has 0 aromatic heterocycles. The fraction of sp³-hybridized carbons (Fsp3) is 0.667. The van der Waals surface area contributed by atoms with Crippen molar-refractivity contribution in [2.75, 3.05) is 13.2 Å². The van der Waals surface area contributed by atoms with E-state index in [0.717, 1.165) is 0 Å². The summed E-state index contributed by atoms with van der Waals surface area (Å²) in [5.74, 6) is 0. The molecule has 46 valence electrons. The van der Waals surface area contributed by atoms with Gasteiger partial charge in [-0.15, -0.1) is 0 Å². The van der Waals surface area contributed by atoms with E-state index in [4.69, 9.17) is 0 Å². The molecule has 0 saturated carbocycles.